The smallest absolute Gasteiger partial charge is 0.311 e. The van der Waals surface area contributed by atoms with E-state index in [1.807, 2.05) is 6.92 Å². The number of carbonyl (C=O) groups is 3. The molecule has 0 saturated carbocycles. The van der Waals surface area contributed by atoms with Gasteiger partial charge in [0.25, 0.3) is 0 Å². The number of carboxylic acid groups (broad SMARTS) is 1. The Morgan fingerprint density at radius 1 is 1.33 bits per heavy atom. The molecule has 1 aliphatic rings. The van der Waals surface area contributed by atoms with Gasteiger partial charge in [0.15, 0.2) is 16.7 Å². The van der Waals surface area contributed by atoms with Gasteiger partial charge >= 0.3 is 11.9 Å². The van der Waals surface area contributed by atoms with Gasteiger partial charge in [0.05, 0.1) is 19.2 Å². The lowest BCUT2D eigenvalue weighted by Gasteiger charge is -2.10. The molecule has 0 bridgehead atoms. The number of nitrogens with zero attached hydrogens (tertiary/aromatic N) is 2. The molecule has 2 rings (SSSR count). The standard InChI is InChI=1S/C17H19N3O6S/c1-3-15(23)26-11-6-5-10(7-12(11)25-4-2)9-18-20-17-19-16(24)13(27-17)8-14(21)22/h5-7,9,13H,3-4,8H2,1-2H3,(H,21,22)(H,19,20,24). The normalized spacial score (nSPS) is 17.9. The average molecular weight is 393 g/mol. The summed E-state index contributed by atoms with van der Waals surface area (Å²) in [4.78, 5) is 33.8. The van der Waals surface area contributed by atoms with Crippen LogP contribution < -0.4 is 14.8 Å². The summed E-state index contributed by atoms with van der Waals surface area (Å²) in [6, 6.07) is 4.93. The Balaban J connectivity index is 2.08. The van der Waals surface area contributed by atoms with Gasteiger partial charge in [0.1, 0.15) is 5.25 Å². The van der Waals surface area contributed by atoms with Crippen molar-refractivity contribution in [3.8, 4) is 11.5 Å². The van der Waals surface area contributed by atoms with Gasteiger partial charge in [0, 0.05) is 6.42 Å². The maximum absolute atomic E-state index is 11.6. The summed E-state index contributed by atoms with van der Waals surface area (Å²) in [5.74, 6) is -1.10. The molecule has 0 aliphatic carbocycles. The minimum absolute atomic E-state index is 0.237. The third-order valence-electron chi connectivity index (χ3n) is 3.27. The number of carbonyl (C=O) groups excluding carboxylic acids is 2. The predicted octanol–water partition coefficient (Wildman–Crippen LogP) is 1.80. The topological polar surface area (TPSA) is 127 Å². The molecule has 1 aliphatic heterocycles. The Hall–Kier alpha value is -2.88. The number of carboxylic acids is 1. The lowest BCUT2D eigenvalue weighted by Crippen LogP contribution is -2.26. The van der Waals surface area contributed by atoms with E-state index in [4.69, 9.17) is 14.6 Å². The number of hydrogen-bond acceptors (Lipinski definition) is 8. The molecule has 10 heteroatoms. The number of benzene rings is 1. The van der Waals surface area contributed by atoms with Crippen LogP contribution in [0.1, 0.15) is 32.3 Å². The van der Waals surface area contributed by atoms with Crippen molar-refractivity contribution in [2.24, 2.45) is 10.2 Å². The molecule has 1 unspecified atom stereocenters. The Morgan fingerprint density at radius 3 is 2.78 bits per heavy atom. The number of amides is 1. The van der Waals surface area contributed by atoms with Gasteiger partial charge in [0.2, 0.25) is 5.91 Å². The predicted molar refractivity (Wildman–Crippen MR) is 100 cm³/mol. The van der Waals surface area contributed by atoms with Crippen LogP contribution in [0, 0.1) is 0 Å². The highest BCUT2D eigenvalue weighted by Crippen LogP contribution is 2.28. The zero-order chi connectivity index (χ0) is 19.8. The number of ether oxygens (including phenoxy) is 2. The van der Waals surface area contributed by atoms with Crippen LogP contribution in [-0.2, 0) is 14.4 Å². The fourth-order valence-electron chi connectivity index (χ4n) is 2.05. The van der Waals surface area contributed by atoms with Gasteiger partial charge in [-0.25, -0.2) is 0 Å². The minimum atomic E-state index is -1.06. The Labute approximate surface area is 159 Å². The van der Waals surface area contributed by atoms with Crippen LogP contribution >= 0.6 is 11.8 Å². The molecule has 1 amide bonds. The highest BCUT2D eigenvalue weighted by Gasteiger charge is 2.32. The molecule has 1 fully saturated rings. The fourth-order valence-corrected chi connectivity index (χ4v) is 2.96. The van der Waals surface area contributed by atoms with Gasteiger partial charge < -0.3 is 19.9 Å². The van der Waals surface area contributed by atoms with Crippen molar-refractivity contribution in [1.29, 1.82) is 0 Å². The molecule has 27 heavy (non-hydrogen) atoms. The molecular weight excluding hydrogens is 374 g/mol. The molecule has 1 aromatic carbocycles. The quantitative estimate of drug-likeness (QED) is 0.298. The van der Waals surface area contributed by atoms with Crippen molar-refractivity contribution < 1.29 is 29.0 Å². The van der Waals surface area contributed by atoms with Crippen molar-refractivity contribution in [2.75, 3.05) is 6.61 Å². The highest BCUT2D eigenvalue weighted by atomic mass is 32.2. The number of aliphatic carboxylic acids is 1. The zero-order valence-corrected chi connectivity index (χ0v) is 15.6. The maximum Gasteiger partial charge on any atom is 0.311 e. The second-order valence-electron chi connectivity index (χ2n) is 5.31. The number of amidine groups is 1. The molecule has 1 heterocycles. The van der Waals surface area contributed by atoms with Gasteiger partial charge in [-0.1, -0.05) is 18.7 Å². The Bertz CT molecular complexity index is 793. The number of rotatable bonds is 8. The van der Waals surface area contributed by atoms with Crippen molar-refractivity contribution in [2.45, 2.75) is 31.9 Å². The molecule has 0 radical (unpaired) electrons. The molecule has 2 N–H and O–H groups in total. The first kappa shape index (κ1) is 20.4. The molecule has 9 nitrogen and oxygen atoms in total. The van der Waals surface area contributed by atoms with Gasteiger partial charge in [-0.05, 0) is 30.7 Å². The summed E-state index contributed by atoms with van der Waals surface area (Å²) in [5, 5.41) is 18.5. The summed E-state index contributed by atoms with van der Waals surface area (Å²) < 4.78 is 10.7. The lowest BCUT2D eigenvalue weighted by molar-refractivity contribution is -0.138. The minimum Gasteiger partial charge on any atom is -0.490 e. The monoisotopic (exact) mass is 393 g/mol. The van der Waals surface area contributed by atoms with Crippen molar-refractivity contribution >= 4 is 41.0 Å². The van der Waals surface area contributed by atoms with E-state index in [0.717, 1.165) is 11.8 Å². The van der Waals surface area contributed by atoms with Crippen LogP contribution in [0.25, 0.3) is 0 Å². The second kappa shape index (κ2) is 9.72. The zero-order valence-electron chi connectivity index (χ0n) is 14.8. The van der Waals surface area contributed by atoms with E-state index in [0.29, 0.717) is 23.7 Å². The summed E-state index contributed by atoms with van der Waals surface area (Å²) in [6.07, 6.45) is 1.41. The van der Waals surface area contributed by atoms with Crippen LogP contribution in [0.4, 0.5) is 0 Å². The number of thioether (sulfide) groups is 1. The first-order valence-electron chi connectivity index (χ1n) is 8.20. The number of hydrogen-bond donors (Lipinski definition) is 2. The molecule has 1 atom stereocenters. The SMILES string of the molecule is CCOc1cc(C=NN=C2NC(=O)C(CC(=O)O)S2)ccc1OC(=O)CC. The largest absolute Gasteiger partial charge is 0.490 e. The van der Waals surface area contributed by atoms with Crippen LogP contribution in [0.15, 0.2) is 28.4 Å². The van der Waals surface area contributed by atoms with Crippen molar-refractivity contribution in [3.05, 3.63) is 23.8 Å². The van der Waals surface area contributed by atoms with E-state index in [-0.39, 0.29) is 24.0 Å². The lowest BCUT2D eigenvalue weighted by atomic mass is 10.2. The molecule has 1 aromatic rings. The molecule has 144 valence electrons. The van der Waals surface area contributed by atoms with Crippen molar-refractivity contribution in [3.63, 3.8) is 0 Å². The highest BCUT2D eigenvalue weighted by molar-refractivity contribution is 8.15. The first-order chi connectivity index (χ1) is 12.9. The maximum atomic E-state index is 11.6. The summed E-state index contributed by atoms with van der Waals surface area (Å²) in [7, 11) is 0. The van der Waals surface area contributed by atoms with Gasteiger partial charge in [-0.15, -0.1) is 5.10 Å². The van der Waals surface area contributed by atoms with E-state index in [1.165, 1.54) is 6.21 Å². The van der Waals surface area contributed by atoms with Gasteiger partial charge in [-0.2, -0.15) is 5.10 Å². The summed E-state index contributed by atoms with van der Waals surface area (Å²) in [5.41, 5.74) is 0.649. The van der Waals surface area contributed by atoms with Crippen LogP contribution in [-0.4, -0.2) is 46.2 Å². The molecular formula is C17H19N3O6S. The van der Waals surface area contributed by atoms with E-state index in [2.05, 4.69) is 15.5 Å². The second-order valence-corrected chi connectivity index (χ2v) is 6.50. The molecule has 0 aromatic heterocycles. The van der Waals surface area contributed by atoms with Crippen LogP contribution in [0.3, 0.4) is 0 Å². The fraction of sp³-hybridized carbons (Fsp3) is 0.353. The van der Waals surface area contributed by atoms with Gasteiger partial charge in [-0.3, -0.25) is 14.4 Å². The van der Waals surface area contributed by atoms with E-state index < -0.39 is 17.1 Å². The molecule has 1 saturated heterocycles. The van der Waals surface area contributed by atoms with E-state index in [1.54, 1.807) is 25.1 Å². The number of nitrogens with one attached hydrogen (secondary N) is 1. The van der Waals surface area contributed by atoms with Crippen LogP contribution in [0.2, 0.25) is 0 Å². The summed E-state index contributed by atoms with van der Waals surface area (Å²) >= 11 is 1.02. The average Bonchev–Trinajstić information content (AvgIpc) is 2.96. The Kier molecular flexibility index (Phi) is 7.35. The third-order valence-corrected chi connectivity index (χ3v) is 4.34. The van der Waals surface area contributed by atoms with E-state index >= 15 is 0 Å². The molecule has 0 spiro atoms. The van der Waals surface area contributed by atoms with Crippen molar-refractivity contribution in [1.82, 2.24) is 5.32 Å². The first-order valence-corrected chi connectivity index (χ1v) is 9.08. The Morgan fingerprint density at radius 2 is 2.11 bits per heavy atom. The summed E-state index contributed by atoms with van der Waals surface area (Å²) in [6.45, 7) is 3.91. The number of esters is 1. The van der Waals surface area contributed by atoms with E-state index in [9.17, 15) is 14.4 Å². The van der Waals surface area contributed by atoms with Crippen LogP contribution in [0.5, 0.6) is 11.5 Å². The third kappa shape index (κ3) is 6.10.